The zero-order valence-electron chi connectivity index (χ0n) is 19.8. The molecule has 162 valence electrons. The third kappa shape index (κ3) is 19.7. The number of hydrogen-bond acceptors (Lipinski definition) is 3. The number of carboxylic acids is 1. The molecular formula is C24H48NNaO2. The number of aliphatic carboxylic acids is 1. The van der Waals surface area contributed by atoms with Gasteiger partial charge in [0.25, 0.3) is 0 Å². The van der Waals surface area contributed by atoms with Crippen LogP contribution in [-0.4, -0.2) is 30.0 Å². The van der Waals surface area contributed by atoms with Crippen LogP contribution in [0.15, 0.2) is 0 Å². The summed E-state index contributed by atoms with van der Waals surface area (Å²) in [7, 11) is 0. The molecule has 1 atom stereocenters. The topological polar surface area (TPSA) is 43.4 Å². The van der Waals surface area contributed by atoms with Crippen LogP contribution >= 0.6 is 0 Å². The van der Waals surface area contributed by atoms with Crippen molar-refractivity contribution in [3.63, 3.8) is 0 Å². The summed E-state index contributed by atoms with van der Waals surface area (Å²) in [4.78, 5) is 13.8. The Kier molecular flexibility index (Phi) is 25.9. The van der Waals surface area contributed by atoms with Crippen molar-refractivity contribution in [1.29, 1.82) is 0 Å². The van der Waals surface area contributed by atoms with Crippen LogP contribution in [0.5, 0.6) is 0 Å². The summed E-state index contributed by atoms with van der Waals surface area (Å²) in [6.07, 6.45) is 20.3. The second kappa shape index (κ2) is 23.7. The second-order valence-electron chi connectivity index (χ2n) is 8.30. The average molecular weight is 406 g/mol. The number of hydrogen-bond donors (Lipinski definition) is 0. The average Bonchev–Trinajstić information content (AvgIpc) is 2.64. The van der Waals surface area contributed by atoms with Crippen LogP contribution in [0.1, 0.15) is 130 Å². The summed E-state index contributed by atoms with van der Waals surface area (Å²) in [5, 5.41) is 11.3. The molecule has 0 saturated heterocycles. The van der Waals surface area contributed by atoms with E-state index in [1.54, 1.807) is 0 Å². The second-order valence-corrected chi connectivity index (χ2v) is 8.30. The number of nitrogens with zero attached hydrogens (tertiary/aromatic N) is 1. The Hall–Kier alpha value is 0.430. The summed E-state index contributed by atoms with van der Waals surface area (Å²) in [6, 6.07) is 0.174. The van der Waals surface area contributed by atoms with Crippen LogP contribution in [-0.2, 0) is 4.79 Å². The first-order valence-electron chi connectivity index (χ1n) is 12.1. The third-order valence-electron chi connectivity index (χ3n) is 5.66. The van der Waals surface area contributed by atoms with Gasteiger partial charge in [-0.3, -0.25) is 0 Å². The Bertz CT molecular complexity index is 310. The summed E-state index contributed by atoms with van der Waals surface area (Å²) in [5.41, 5.74) is 0. The predicted molar refractivity (Wildman–Crippen MR) is 116 cm³/mol. The molecule has 0 aliphatic carbocycles. The molecule has 4 heteroatoms. The molecule has 0 N–H and O–H groups in total. The van der Waals surface area contributed by atoms with Gasteiger partial charge in [-0.05, 0) is 32.4 Å². The summed E-state index contributed by atoms with van der Waals surface area (Å²) in [5.74, 6) is -0.882. The van der Waals surface area contributed by atoms with E-state index in [0.717, 1.165) is 25.9 Å². The fourth-order valence-corrected chi connectivity index (χ4v) is 3.90. The summed E-state index contributed by atoms with van der Waals surface area (Å²) >= 11 is 0. The van der Waals surface area contributed by atoms with Gasteiger partial charge in [0, 0.05) is 18.4 Å². The Morgan fingerprint density at radius 1 is 0.679 bits per heavy atom. The van der Waals surface area contributed by atoms with E-state index in [4.69, 9.17) is 0 Å². The Morgan fingerprint density at radius 2 is 1.07 bits per heavy atom. The van der Waals surface area contributed by atoms with Crippen molar-refractivity contribution in [3.8, 4) is 0 Å². The number of unbranched alkanes of at least 4 members (excludes halogenated alkanes) is 12. The summed E-state index contributed by atoms with van der Waals surface area (Å²) < 4.78 is 0. The number of carbonyl (C=O) groups is 1. The molecule has 0 aromatic rings. The molecule has 0 rings (SSSR count). The van der Waals surface area contributed by atoms with E-state index in [0.29, 0.717) is 0 Å². The molecule has 0 fully saturated rings. The molecule has 0 aromatic heterocycles. The minimum atomic E-state index is -0.882. The van der Waals surface area contributed by atoms with Crippen LogP contribution in [0.25, 0.3) is 0 Å². The van der Waals surface area contributed by atoms with Gasteiger partial charge in [0.2, 0.25) is 0 Å². The Balaban J connectivity index is 0. The first kappa shape index (κ1) is 30.6. The van der Waals surface area contributed by atoms with Gasteiger partial charge < -0.3 is 14.8 Å². The van der Waals surface area contributed by atoms with Crippen LogP contribution < -0.4 is 34.7 Å². The van der Waals surface area contributed by atoms with E-state index in [2.05, 4.69) is 25.7 Å². The zero-order valence-corrected chi connectivity index (χ0v) is 21.8. The molecular weight excluding hydrogens is 357 g/mol. The van der Waals surface area contributed by atoms with Crippen molar-refractivity contribution in [1.82, 2.24) is 4.90 Å². The van der Waals surface area contributed by atoms with Crippen LogP contribution in [0, 0.1) is 0 Å². The predicted octanol–water partition coefficient (Wildman–Crippen LogP) is 3.10. The van der Waals surface area contributed by atoms with Gasteiger partial charge in [-0.2, -0.15) is 0 Å². The SMILES string of the molecule is CCCCCCCCN(CCCCCCCC)C(CCCCC)CC(=O)[O-].[Na+]. The maximum absolute atomic E-state index is 11.3. The standard InChI is InChI=1S/C24H49NO2.Na/c1-4-7-10-12-14-17-20-25(21-18-15-13-11-8-5-2)23(22-24(26)27)19-16-9-6-3;/h23H,4-22H2,1-3H3,(H,26,27);/q;+1/p-1. The van der Waals surface area contributed by atoms with Gasteiger partial charge in [0.1, 0.15) is 0 Å². The Morgan fingerprint density at radius 3 is 1.50 bits per heavy atom. The summed E-state index contributed by atoms with van der Waals surface area (Å²) in [6.45, 7) is 8.83. The molecule has 0 bridgehead atoms. The van der Waals surface area contributed by atoms with Crippen LogP contribution in [0.3, 0.4) is 0 Å². The minimum Gasteiger partial charge on any atom is -0.550 e. The van der Waals surface area contributed by atoms with Crippen molar-refractivity contribution >= 4 is 5.97 Å². The van der Waals surface area contributed by atoms with Crippen molar-refractivity contribution in [2.24, 2.45) is 0 Å². The van der Waals surface area contributed by atoms with Gasteiger partial charge in [-0.25, -0.2) is 0 Å². The normalized spacial score (nSPS) is 12.1. The molecule has 0 aliphatic heterocycles. The molecule has 0 heterocycles. The maximum Gasteiger partial charge on any atom is 1.00 e. The fourth-order valence-electron chi connectivity index (χ4n) is 3.90. The van der Waals surface area contributed by atoms with E-state index in [9.17, 15) is 9.90 Å². The van der Waals surface area contributed by atoms with Crippen molar-refractivity contribution in [3.05, 3.63) is 0 Å². The van der Waals surface area contributed by atoms with Crippen molar-refractivity contribution in [2.75, 3.05) is 13.1 Å². The van der Waals surface area contributed by atoms with E-state index >= 15 is 0 Å². The largest absolute Gasteiger partial charge is 1.00 e. The fraction of sp³-hybridized carbons (Fsp3) is 0.958. The molecule has 0 aliphatic rings. The zero-order chi connectivity index (χ0) is 20.2. The number of rotatable bonds is 21. The monoisotopic (exact) mass is 405 g/mol. The molecule has 3 nitrogen and oxygen atoms in total. The van der Waals surface area contributed by atoms with E-state index in [1.165, 1.54) is 89.9 Å². The van der Waals surface area contributed by atoms with Crippen LogP contribution in [0.4, 0.5) is 0 Å². The first-order chi connectivity index (χ1) is 13.2. The van der Waals surface area contributed by atoms with Gasteiger partial charge in [-0.1, -0.05) is 104 Å². The van der Waals surface area contributed by atoms with E-state index in [1.807, 2.05) is 0 Å². The van der Waals surface area contributed by atoms with Gasteiger partial charge >= 0.3 is 29.6 Å². The van der Waals surface area contributed by atoms with E-state index in [-0.39, 0.29) is 42.0 Å². The molecule has 0 saturated carbocycles. The maximum atomic E-state index is 11.3. The van der Waals surface area contributed by atoms with E-state index < -0.39 is 5.97 Å². The Labute approximate surface area is 198 Å². The number of carbonyl (C=O) groups excluding carboxylic acids is 1. The number of carboxylic acid groups (broad SMARTS) is 1. The quantitative estimate of drug-likeness (QED) is 0.218. The van der Waals surface area contributed by atoms with Gasteiger partial charge in [-0.15, -0.1) is 0 Å². The molecule has 0 aromatic carbocycles. The smallest absolute Gasteiger partial charge is 0.550 e. The van der Waals surface area contributed by atoms with Crippen molar-refractivity contribution in [2.45, 2.75) is 136 Å². The molecule has 0 amide bonds. The van der Waals surface area contributed by atoms with Gasteiger partial charge in [0.05, 0.1) is 0 Å². The van der Waals surface area contributed by atoms with Crippen molar-refractivity contribution < 1.29 is 39.5 Å². The minimum absolute atomic E-state index is 0. The molecule has 0 spiro atoms. The van der Waals surface area contributed by atoms with Crippen LogP contribution in [0.2, 0.25) is 0 Å². The third-order valence-corrected chi connectivity index (χ3v) is 5.66. The molecule has 1 unspecified atom stereocenters. The molecule has 28 heavy (non-hydrogen) atoms. The van der Waals surface area contributed by atoms with Gasteiger partial charge in [0.15, 0.2) is 0 Å². The molecule has 0 radical (unpaired) electrons. The first-order valence-corrected chi connectivity index (χ1v) is 12.1.